The summed E-state index contributed by atoms with van der Waals surface area (Å²) in [4.78, 5) is 11.7. The van der Waals surface area contributed by atoms with Gasteiger partial charge in [0.15, 0.2) is 9.84 Å². The second-order valence-electron chi connectivity index (χ2n) is 9.02. The van der Waals surface area contributed by atoms with Crippen molar-refractivity contribution in [2.75, 3.05) is 12.3 Å². The predicted octanol–water partition coefficient (Wildman–Crippen LogP) is 2.64. The van der Waals surface area contributed by atoms with Crippen LogP contribution in [0.15, 0.2) is 18.2 Å². The fourth-order valence-corrected chi connectivity index (χ4v) is 6.55. The Morgan fingerprint density at radius 1 is 1.23 bits per heavy atom. The minimum atomic E-state index is -3.19. The Balaban J connectivity index is 1.69. The van der Waals surface area contributed by atoms with Gasteiger partial charge in [0.05, 0.1) is 23.7 Å². The highest BCUT2D eigenvalue weighted by Gasteiger charge is 2.31. The van der Waals surface area contributed by atoms with Gasteiger partial charge in [-0.25, -0.2) is 8.42 Å². The molecule has 0 spiro atoms. The lowest BCUT2D eigenvalue weighted by Crippen LogP contribution is -2.49. The third-order valence-corrected chi connectivity index (χ3v) is 8.12. The zero-order valence-electron chi connectivity index (χ0n) is 18.2. The first-order valence-corrected chi connectivity index (χ1v) is 13.1. The number of aliphatic hydroxyl groups is 1. The number of rotatable bonds is 8. The van der Waals surface area contributed by atoms with Crippen molar-refractivity contribution in [3.63, 3.8) is 0 Å². The van der Waals surface area contributed by atoms with Gasteiger partial charge in [-0.15, -0.1) is 0 Å². The van der Waals surface area contributed by atoms with E-state index >= 15 is 0 Å². The molecule has 1 heterocycles. The number of carbonyl (C=O) groups is 1. The fourth-order valence-electron chi connectivity index (χ4n) is 4.89. The van der Waals surface area contributed by atoms with Crippen molar-refractivity contribution in [2.24, 2.45) is 5.92 Å². The summed E-state index contributed by atoms with van der Waals surface area (Å²) in [5, 5.41) is 17.1. The van der Waals surface area contributed by atoms with Crippen molar-refractivity contribution < 1.29 is 18.3 Å². The summed E-state index contributed by atoms with van der Waals surface area (Å²) in [5.74, 6) is 0.484. The Morgan fingerprint density at radius 2 is 1.97 bits per heavy atom. The molecular formula is C23H36N2O4S. The normalized spacial score (nSPS) is 23.4. The van der Waals surface area contributed by atoms with Crippen molar-refractivity contribution in [3.8, 4) is 0 Å². The molecule has 0 radical (unpaired) electrons. The summed E-state index contributed by atoms with van der Waals surface area (Å²) in [6, 6.07) is 5.33. The fraction of sp³-hybridized carbons (Fsp3) is 0.696. The zero-order valence-corrected chi connectivity index (χ0v) is 19.0. The number of sulfone groups is 1. The lowest BCUT2D eigenvalue weighted by atomic mass is 9.83. The van der Waals surface area contributed by atoms with Gasteiger partial charge >= 0.3 is 0 Å². The zero-order chi connectivity index (χ0) is 21.7. The van der Waals surface area contributed by atoms with Crippen molar-refractivity contribution in [1.82, 2.24) is 10.6 Å². The van der Waals surface area contributed by atoms with E-state index in [1.54, 1.807) is 0 Å². The van der Waals surface area contributed by atoms with Crippen molar-refractivity contribution >= 4 is 15.7 Å². The van der Waals surface area contributed by atoms with E-state index in [0.717, 1.165) is 36.8 Å². The molecule has 3 rings (SSSR count). The van der Waals surface area contributed by atoms with E-state index in [2.05, 4.69) is 23.6 Å². The molecule has 3 atom stereocenters. The van der Waals surface area contributed by atoms with Crippen LogP contribution in [0.25, 0.3) is 0 Å². The molecule has 2 aliphatic rings. The maximum absolute atomic E-state index is 12.4. The van der Waals surface area contributed by atoms with Gasteiger partial charge < -0.3 is 15.7 Å². The highest BCUT2D eigenvalue weighted by Crippen LogP contribution is 2.30. The molecule has 1 aromatic carbocycles. The molecule has 1 fully saturated rings. The van der Waals surface area contributed by atoms with Crippen LogP contribution >= 0.6 is 0 Å². The summed E-state index contributed by atoms with van der Waals surface area (Å²) in [5.41, 5.74) is 3.03. The van der Waals surface area contributed by atoms with Gasteiger partial charge in [0.2, 0.25) is 5.91 Å². The molecule has 0 saturated heterocycles. The number of hydrogen-bond donors (Lipinski definition) is 3. The van der Waals surface area contributed by atoms with Gasteiger partial charge in [-0.1, -0.05) is 57.2 Å². The number of fused-ring (bicyclic) bond motifs is 1. The number of nitrogens with one attached hydrogen (secondary N) is 2. The van der Waals surface area contributed by atoms with Gasteiger partial charge in [0.25, 0.3) is 0 Å². The van der Waals surface area contributed by atoms with Gasteiger partial charge in [-0.2, -0.15) is 0 Å². The highest BCUT2D eigenvalue weighted by atomic mass is 32.2. The second kappa shape index (κ2) is 10.2. The van der Waals surface area contributed by atoms with Crippen LogP contribution in [-0.2, 0) is 26.8 Å². The first kappa shape index (κ1) is 23.2. The van der Waals surface area contributed by atoms with Crippen LogP contribution in [0.1, 0.15) is 75.1 Å². The first-order chi connectivity index (χ1) is 14.3. The third kappa shape index (κ3) is 6.28. The molecule has 2 unspecified atom stereocenters. The topological polar surface area (TPSA) is 95.5 Å². The Kier molecular flexibility index (Phi) is 7.93. The molecule has 0 bridgehead atoms. The molecule has 0 aromatic heterocycles. The van der Waals surface area contributed by atoms with Crippen LogP contribution in [0.5, 0.6) is 0 Å². The molecule has 1 aromatic rings. The number of aryl methyl sites for hydroxylation is 1. The Bertz CT molecular complexity index is 834. The highest BCUT2D eigenvalue weighted by molar-refractivity contribution is 7.90. The smallest absolute Gasteiger partial charge is 0.217 e. The van der Waals surface area contributed by atoms with E-state index in [0.29, 0.717) is 5.92 Å². The van der Waals surface area contributed by atoms with E-state index in [1.165, 1.54) is 31.7 Å². The second-order valence-corrected chi connectivity index (χ2v) is 11.1. The lowest BCUT2D eigenvalue weighted by molar-refractivity contribution is -0.120. The molecule has 30 heavy (non-hydrogen) atoms. The van der Waals surface area contributed by atoms with Gasteiger partial charge in [0.1, 0.15) is 0 Å². The molecule has 1 aliphatic carbocycles. The van der Waals surface area contributed by atoms with Crippen LogP contribution in [0.4, 0.5) is 0 Å². The molecule has 6 nitrogen and oxygen atoms in total. The molecule has 1 aliphatic heterocycles. The van der Waals surface area contributed by atoms with E-state index in [-0.39, 0.29) is 36.0 Å². The quantitative estimate of drug-likeness (QED) is 0.582. The lowest BCUT2D eigenvalue weighted by Gasteiger charge is -2.32. The van der Waals surface area contributed by atoms with E-state index in [4.69, 9.17) is 0 Å². The van der Waals surface area contributed by atoms with Crippen molar-refractivity contribution in [3.05, 3.63) is 34.9 Å². The Labute approximate surface area is 180 Å². The van der Waals surface area contributed by atoms with Gasteiger partial charge in [-0.05, 0) is 35.4 Å². The first-order valence-electron chi connectivity index (χ1n) is 11.3. The maximum Gasteiger partial charge on any atom is 0.217 e. The summed E-state index contributed by atoms with van der Waals surface area (Å²) >= 11 is 0. The van der Waals surface area contributed by atoms with Gasteiger partial charge in [0, 0.05) is 19.5 Å². The number of aliphatic hydroxyl groups excluding tert-OH is 1. The van der Waals surface area contributed by atoms with Gasteiger partial charge in [-0.3, -0.25) is 4.79 Å². The third-order valence-electron chi connectivity index (χ3n) is 6.53. The molecule has 7 heteroatoms. The van der Waals surface area contributed by atoms with E-state index in [9.17, 15) is 18.3 Å². The Hall–Kier alpha value is -1.44. The average Bonchev–Trinajstić information content (AvgIpc) is 2.70. The van der Waals surface area contributed by atoms with Crippen molar-refractivity contribution in [1.29, 1.82) is 0 Å². The molecule has 1 saturated carbocycles. The van der Waals surface area contributed by atoms with Crippen LogP contribution in [-0.4, -0.2) is 43.9 Å². The molecular weight excluding hydrogens is 400 g/mol. The van der Waals surface area contributed by atoms with Crippen LogP contribution in [0, 0.1) is 5.92 Å². The number of hydrogen-bond acceptors (Lipinski definition) is 5. The summed E-state index contributed by atoms with van der Waals surface area (Å²) in [7, 11) is -3.19. The maximum atomic E-state index is 12.4. The van der Waals surface area contributed by atoms with Crippen LogP contribution in [0.2, 0.25) is 0 Å². The average molecular weight is 437 g/mol. The molecule has 1 amide bonds. The van der Waals surface area contributed by atoms with E-state index < -0.39 is 15.9 Å². The molecule has 168 valence electrons. The monoisotopic (exact) mass is 436 g/mol. The number of carbonyl (C=O) groups excluding carboxylic acids is 1. The van der Waals surface area contributed by atoms with Crippen LogP contribution in [0.3, 0.4) is 0 Å². The standard InChI is InChI=1S/C23H36N2O4S/c1-3-17-9-10-19-14-30(28,29)15-22(20(19)11-17)24-13-23(27)21(25-16(2)26)12-18-7-5-4-6-8-18/h9-11,18,21-24,27H,3-8,12-15H2,1-2H3,(H,25,26)/t21?,22?,23-/m1/s1. The van der Waals surface area contributed by atoms with Crippen molar-refractivity contribution in [2.45, 2.75) is 82.7 Å². The van der Waals surface area contributed by atoms with E-state index in [1.807, 2.05) is 12.1 Å². The number of amides is 1. The SMILES string of the molecule is CCc1ccc2c(c1)C(NC[C@@H](O)C(CC1CCCCC1)NC(C)=O)CS(=O)(=O)C2. The largest absolute Gasteiger partial charge is 0.390 e. The summed E-state index contributed by atoms with van der Waals surface area (Å²) in [6.07, 6.45) is 6.86. The molecule has 3 N–H and O–H groups in total. The minimum Gasteiger partial charge on any atom is -0.390 e. The van der Waals surface area contributed by atoms with Crippen LogP contribution < -0.4 is 10.6 Å². The number of benzene rings is 1. The minimum absolute atomic E-state index is 0.0350. The summed E-state index contributed by atoms with van der Waals surface area (Å²) in [6.45, 7) is 3.80. The summed E-state index contributed by atoms with van der Waals surface area (Å²) < 4.78 is 24.8. The Morgan fingerprint density at radius 3 is 2.63 bits per heavy atom. The predicted molar refractivity (Wildman–Crippen MR) is 119 cm³/mol.